The normalized spacial score (nSPS) is 13.2. The van der Waals surface area contributed by atoms with Crippen molar-refractivity contribution in [2.24, 2.45) is 0 Å². The number of imidazole rings is 2. The van der Waals surface area contributed by atoms with E-state index in [1.165, 1.54) is 42.4 Å². The van der Waals surface area contributed by atoms with Crippen LogP contribution in [0.3, 0.4) is 0 Å². The van der Waals surface area contributed by atoms with Crippen molar-refractivity contribution in [3.05, 3.63) is 72.1 Å². The molecule has 6 nitrogen and oxygen atoms in total. The summed E-state index contributed by atoms with van der Waals surface area (Å²) in [6, 6.07) is 21.7. The first-order valence-electron chi connectivity index (χ1n) is 11.8. The number of thiophene rings is 1. The van der Waals surface area contributed by atoms with Gasteiger partial charge in [0, 0.05) is 43.6 Å². The van der Waals surface area contributed by atoms with E-state index >= 15 is 0 Å². The number of aromatic amines is 2. The molecule has 3 aromatic carbocycles. The van der Waals surface area contributed by atoms with Crippen molar-refractivity contribution in [2.75, 3.05) is 0 Å². The monoisotopic (exact) mass is 538 g/mol. The molecular formula is C28H20N4O2P2S. The summed E-state index contributed by atoms with van der Waals surface area (Å²) in [5.74, 6) is 0. The molecule has 0 fully saturated rings. The van der Waals surface area contributed by atoms with Crippen LogP contribution in [0.4, 0.5) is 0 Å². The SMILES string of the molecule is O=CPc1ncc(-c2ccc3cc(-c4ccc5cc6c(cc5c4)CCc4[nH]c(PC=O)nc4-6)sc3c2)[nH]1. The number of hydrogen-bond acceptors (Lipinski definition) is 5. The Hall–Kier alpha value is -3.50. The van der Waals surface area contributed by atoms with Crippen LogP contribution in [0.2, 0.25) is 0 Å². The summed E-state index contributed by atoms with van der Waals surface area (Å²) in [7, 11) is 0.105. The zero-order valence-electron chi connectivity index (χ0n) is 19.5. The Labute approximate surface area is 219 Å². The van der Waals surface area contributed by atoms with Gasteiger partial charge in [-0.05, 0) is 64.4 Å². The van der Waals surface area contributed by atoms with Crippen molar-refractivity contribution in [3.63, 3.8) is 0 Å². The van der Waals surface area contributed by atoms with Crippen LogP contribution in [-0.2, 0) is 22.4 Å². The minimum atomic E-state index is 0.0426. The van der Waals surface area contributed by atoms with Gasteiger partial charge < -0.3 is 9.97 Å². The lowest BCUT2D eigenvalue weighted by atomic mass is 9.89. The van der Waals surface area contributed by atoms with Gasteiger partial charge in [0.1, 0.15) is 23.2 Å². The minimum absolute atomic E-state index is 0.0426. The van der Waals surface area contributed by atoms with Crippen molar-refractivity contribution in [3.8, 4) is 33.0 Å². The number of rotatable bonds is 6. The second-order valence-corrected chi connectivity index (χ2v) is 12.1. The van der Waals surface area contributed by atoms with Gasteiger partial charge in [-0.15, -0.1) is 11.3 Å². The second kappa shape index (κ2) is 9.11. The Morgan fingerprint density at radius 1 is 0.811 bits per heavy atom. The summed E-state index contributed by atoms with van der Waals surface area (Å²) in [4.78, 5) is 38.6. The number of carbonyl (C=O) groups is 2. The van der Waals surface area contributed by atoms with Crippen LogP contribution >= 0.6 is 28.5 Å². The van der Waals surface area contributed by atoms with Crippen molar-refractivity contribution < 1.29 is 9.59 Å². The molecule has 0 amide bonds. The smallest absolute Gasteiger partial charge is 0.146 e. The van der Waals surface area contributed by atoms with Crippen LogP contribution in [-0.4, -0.2) is 32.0 Å². The molecule has 7 rings (SSSR count). The maximum Gasteiger partial charge on any atom is 0.146 e. The number of benzene rings is 3. The molecule has 1 aliphatic carbocycles. The number of carbonyl (C=O) groups excluding carboxylic acids is 2. The lowest BCUT2D eigenvalue weighted by Crippen LogP contribution is -2.03. The van der Waals surface area contributed by atoms with Crippen molar-refractivity contribution in [1.82, 2.24) is 19.9 Å². The standard InChI is InChI=1S/C28H20N4O2P2S/c33-13-35-27-29-12-23(31-27)17-2-4-19-11-25(37-24(19)10-17)18-3-1-15-9-21-16(7-20(15)8-18)5-6-22-26(21)32-28(30-22)36-14-34/h1-4,7-14,35-36H,5-6H2,(H,29,31)(H,30,32). The van der Waals surface area contributed by atoms with E-state index in [9.17, 15) is 9.59 Å². The molecule has 9 heteroatoms. The van der Waals surface area contributed by atoms with Crippen molar-refractivity contribution in [2.45, 2.75) is 12.8 Å². The van der Waals surface area contributed by atoms with Gasteiger partial charge in [0.25, 0.3) is 0 Å². The van der Waals surface area contributed by atoms with E-state index in [0.29, 0.717) is 5.57 Å². The topological polar surface area (TPSA) is 91.5 Å². The first-order chi connectivity index (χ1) is 18.2. The lowest BCUT2D eigenvalue weighted by Gasteiger charge is -2.16. The molecule has 2 atom stereocenters. The van der Waals surface area contributed by atoms with Crippen LogP contribution in [0.5, 0.6) is 0 Å². The molecule has 0 radical (unpaired) electrons. The predicted octanol–water partition coefficient (Wildman–Crippen LogP) is 5.59. The first-order valence-corrected chi connectivity index (χ1v) is 14.8. The third-order valence-electron chi connectivity index (χ3n) is 6.82. The van der Waals surface area contributed by atoms with E-state index in [2.05, 4.69) is 69.5 Å². The predicted molar refractivity (Wildman–Crippen MR) is 157 cm³/mol. The maximum absolute atomic E-state index is 11.0. The van der Waals surface area contributed by atoms with Gasteiger partial charge in [0.05, 0.1) is 17.6 Å². The van der Waals surface area contributed by atoms with Crippen LogP contribution < -0.4 is 11.1 Å². The number of aromatic nitrogens is 4. The number of fused-ring (bicyclic) bond motifs is 5. The molecule has 3 aromatic heterocycles. The van der Waals surface area contributed by atoms with Crippen LogP contribution in [0, 0.1) is 0 Å². The summed E-state index contributed by atoms with van der Waals surface area (Å²) in [5, 5.41) is 3.62. The summed E-state index contributed by atoms with van der Waals surface area (Å²) >= 11 is 1.78. The van der Waals surface area contributed by atoms with E-state index in [1.807, 2.05) is 0 Å². The minimum Gasteiger partial charge on any atom is -0.341 e. The van der Waals surface area contributed by atoms with Gasteiger partial charge in [-0.25, -0.2) is 9.97 Å². The van der Waals surface area contributed by atoms with Crippen molar-refractivity contribution >= 4 is 72.5 Å². The fourth-order valence-corrected chi connectivity index (χ4v) is 7.13. The van der Waals surface area contributed by atoms with E-state index < -0.39 is 0 Å². The van der Waals surface area contributed by atoms with E-state index in [4.69, 9.17) is 4.98 Å². The molecule has 0 spiro atoms. The Morgan fingerprint density at radius 3 is 2.54 bits per heavy atom. The Balaban J connectivity index is 1.24. The zero-order chi connectivity index (χ0) is 24.9. The fourth-order valence-electron chi connectivity index (χ4n) is 5.06. The van der Waals surface area contributed by atoms with Crippen molar-refractivity contribution in [1.29, 1.82) is 0 Å². The number of hydrogen-bond donors (Lipinski definition) is 2. The summed E-state index contributed by atoms with van der Waals surface area (Å²) in [6.45, 7) is 0. The average Bonchev–Trinajstić information content (AvgIpc) is 3.65. The van der Waals surface area contributed by atoms with Gasteiger partial charge in [0.2, 0.25) is 0 Å². The third kappa shape index (κ3) is 4.04. The fraction of sp³-hybridized carbons (Fsp3) is 0.0714. The largest absolute Gasteiger partial charge is 0.341 e. The molecule has 2 unspecified atom stereocenters. The highest BCUT2D eigenvalue weighted by atomic mass is 32.1. The Morgan fingerprint density at radius 2 is 1.65 bits per heavy atom. The molecule has 0 aliphatic heterocycles. The van der Waals surface area contributed by atoms with E-state index in [-0.39, 0.29) is 17.2 Å². The number of aryl methyl sites for hydroxylation is 2. The van der Waals surface area contributed by atoms with Crippen LogP contribution in [0.1, 0.15) is 11.3 Å². The van der Waals surface area contributed by atoms with Gasteiger partial charge in [0.15, 0.2) is 0 Å². The quantitative estimate of drug-likeness (QED) is 0.214. The molecule has 0 bridgehead atoms. The van der Waals surface area contributed by atoms with E-state index in [1.54, 1.807) is 17.5 Å². The molecule has 180 valence electrons. The molecule has 3 heterocycles. The molecule has 37 heavy (non-hydrogen) atoms. The summed E-state index contributed by atoms with van der Waals surface area (Å²) in [6.07, 6.45) is 3.67. The summed E-state index contributed by atoms with van der Waals surface area (Å²) in [5.41, 5.74) is 9.28. The number of nitrogens with one attached hydrogen (secondary N) is 2. The molecule has 2 N–H and O–H groups in total. The highest BCUT2D eigenvalue weighted by Crippen LogP contribution is 2.39. The lowest BCUT2D eigenvalue weighted by molar-refractivity contribution is 0.569. The highest BCUT2D eigenvalue weighted by molar-refractivity contribution is 7.62. The Kier molecular flexibility index (Phi) is 5.58. The Bertz CT molecular complexity index is 1850. The van der Waals surface area contributed by atoms with Crippen LogP contribution in [0.15, 0.2) is 60.8 Å². The van der Waals surface area contributed by atoms with Gasteiger partial charge in [-0.3, -0.25) is 9.59 Å². The van der Waals surface area contributed by atoms with Crippen LogP contribution in [0.25, 0.3) is 53.8 Å². The summed E-state index contributed by atoms with van der Waals surface area (Å²) < 4.78 is 1.21. The molecule has 0 saturated carbocycles. The van der Waals surface area contributed by atoms with Gasteiger partial charge in [-0.1, -0.05) is 30.3 Å². The van der Waals surface area contributed by atoms with Gasteiger partial charge in [-0.2, -0.15) is 0 Å². The zero-order valence-corrected chi connectivity index (χ0v) is 22.3. The van der Waals surface area contributed by atoms with E-state index in [0.717, 1.165) is 53.1 Å². The molecule has 6 aromatic rings. The number of nitrogens with zero attached hydrogens (tertiary/aromatic N) is 2. The molecule has 1 aliphatic rings. The third-order valence-corrected chi connectivity index (χ3v) is 9.24. The average molecular weight is 539 g/mol. The van der Waals surface area contributed by atoms with Gasteiger partial charge >= 0.3 is 0 Å². The maximum atomic E-state index is 11.0. The first kappa shape index (κ1) is 22.7. The second-order valence-electron chi connectivity index (χ2n) is 9.02. The highest BCUT2D eigenvalue weighted by Gasteiger charge is 2.21. The molecular weight excluding hydrogens is 518 g/mol. The number of H-pyrrole nitrogens is 2. The molecule has 0 saturated heterocycles.